The molecule has 2 aliphatic carbocycles. The zero-order chi connectivity index (χ0) is 21.6. The third-order valence-electron chi connectivity index (χ3n) is 7.72. The molecular weight excluding hydrogens is 394 g/mol. The van der Waals surface area contributed by atoms with Crippen LogP contribution in [0.1, 0.15) is 89.0 Å². The number of carbonyl (C=O) groups is 2. The van der Waals surface area contributed by atoms with Crippen molar-refractivity contribution in [2.24, 2.45) is 11.3 Å². The van der Waals surface area contributed by atoms with E-state index < -0.39 is 0 Å². The Morgan fingerprint density at radius 3 is 2.48 bits per heavy atom. The average Bonchev–Trinajstić information content (AvgIpc) is 3.23. The van der Waals surface area contributed by atoms with Gasteiger partial charge in [-0.1, -0.05) is 20.3 Å². The van der Waals surface area contributed by atoms with Crippen LogP contribution in [0.15, 0.2) is 4.42 Å². The first-order chi connectivity index (χ1) is 14.9. The van der Waals surface area contributed by atoms with Crippen molar-refractivity contribution in [2.45, 2.75) is 83.2 Å². The molecule has 5 rings (SSSR count). The highest BCUT2D eigenvalue weighted by atomic mass is 16.4. The van der Waals surface area contributed by atoms with Crippen LogP contribution in [0.5, 0.6) is 0 Å². The van der Waals surface area contributed by atoms with Crippen LogP contribution in [0, 0.1) is 11.3 Å². The minimum atomic E-state index is -0.0289. The second-order valence-electron chi connectivity index (χ2n) is 10.6. The minimum Gasteiger partial charge on any atom is -0.423 e. The molecule has 0 radical (unpaired) electrons. The maximum atomic E-state index is 12.7. The van der Waals surface area contributed by atoms with Gasteiger partial charge in [0, 0.05) is 37.5 Å². The summed E-state index contributed by atoms with van der Waals surface area (Å²) in [6.45, 7) is 6.95. The molecule has 8 heteroatoms. The van der Waals surface area contributed by atoms with Gasteiger partial charge in [0.25, 0.3) is 0 Å². The molecule has 170 valence electrons. The highest BCUT2D eigenvalue weighted by molar-refractivity contribution is 5.80. The molecule has 3 heterocycles. The molecule has 0 aromatic carbocycles. The zero-order valence-electron chi connectivity index (χ0n) is 18.8. The third kappa shape index (κ3) is 4.36. The summed E-state index contributed by atoms with van der Waals surface area (Å²) in [7, 11) is 0. The molecule has 4 fully saturated rings. The lowest BCUT2D eigenvalue weighted by Gasteiger charge is -2.41. The van der Waals surface area contributed by atoms with Gasteiger partial charge in [0.2, 0.25) is 23.6 Å². The van der Waals surface area contributed by atoms with Crippen LogP contribution in [0.3, 0.4) is 0 Å². The maximum Gasteiger partial charge on any atom is 0.234 e. The Hall–Kier alpha value is -1.96. The van der Waals surface area contributed by atoms with Crippen LogP contribution in [0.2, 0.25) is 0 Å². The highest BCUT2D eigenvalue weighted by Crippen LogP contribution is 2.49. The molecule has 1 atom stereocenters. The standard InChI is InChI=1S/C23H35N5O3/c1-15(2)20-25-26-21(31-20)18-12-23(14-28(18)13-19(29)24-17-6-7-17)8-10-27(11-9-23)22(30)16-4-3-5-16/h15-18H,3-14H2,1-2H3,(H,24,29). The van der Waals surface area contributed by atoms with Gasteiger partial charge in [0.15, 0.2) is 0 Å². The van der Waals surface area contributed by atoms with Crippen molar-refractivity contribution in [3.8, 4) is 0 Å². The van der Waals surface area contributed by atoms with Crippen molar-refractivity contribution in [3.63, 3.8) is 0 Å². The lowest BCUT2D eigenvalue weighted by Crippen LogP contribution is -2.47. The Morgan fingerprint density at radius 1 is 1.16 bits per heavy atom. The summed E-state index contributed by atoms with van der Waals surface area (Å²) in [6.07, 6.45) is 8.35. The van der Waals surface area contributed by atoms with Crippen molar-refractivity contribution in [3.05, 3.63) is 11.8 Å². The van der Waals surface area contributed by atoms with E-state index in [1.807, 2.05) is 13.8 Å². The Morgan fingerprint density at radius 2 is 1.90 bits per heavy atom. The first kappa shape index (κ1) is 20.9. The third-order valence-corrected chi connectivity index (χ3v) is 7.72. The molecule has 8 nitrogen and oxygen atoms in total. The van der Waals surface area contributed by atoms with Crippen molar-refractivity contribution in [1.29, 1.82) is 0 Å². The van der Waals surface area contributed by atoms with Gasteiger partial charge < -0.3 is 14.6 Å². The minimum absolute atomic E-state index is 0.0289. The molecule has 2 saturated carbocycles. The largest absolute Gasteiger partial charge is 0.423 e. The number of amides is 2. The summed E-state index contributed by atoms with van der Waals surface area (Å²) in [4.78, 5) is 29.6. The molecule has 4 aliphatic rings. The van der Waals surface area contributed by atoms with Gasteiger partial charge in [-0.2, -0.15) is 0 Å². The Bertz CT molecular complexity index is 821. The monoisotopic (exact) mass is 429 g/mol. The second kappa shape index (κ2) is 8.19. The number of piperidine rings is 1. The molecule has 2 saturated heterocycles. The number of hydrogen-bond acceptors (Lipinski definition) is 6. The fourth-order valence-electron chi connectivity index (χ4n) is 5.33. The number of rotatable bonds is 6. The van der Waals surface area contributed by atoms with E-state index in [0.29, 0.717) is 30.3 Å². The van der Waals surface area contributed by atoms with Crippen molar-refractivity contribution in [2.75, 3.05) is 26.2 Å². The Kier molecular flexibility index (Phi) is 5.52. The molecule has 1 unspecified atom stereocenters. The van der Waals surface area contributed by atoms with Gasteiger partial charge >= 0.3 is 0 Å². The zero-order valence-corrected chi connectivity index (χ0v) is 18.8. The van der Waals surface area contributed by atoms with Crippen LogP contribution in [0.4, 0.5) is 0 Å². The molecule has 31 heavy (non-hydrogen) atoms. The van der Waals surface area contributed by atoms with Gasteiger partial charge in [-0.25, -0.2) is 0 Å². The number of likely N-dealkylation sites (tertiary alicyclic amines) is 2. The van der Waals surface area contributed by atoms with E-state index in [1.54, 1.807) is 0 Å². The van der Waals surface area contributed by atoms with Crippen LogP contribution in [0.25, 0.3) is 0 Å². The van der Waals surface area contributed by atoms with Gasteiger partial charge in [0.1, 0.15) is 0 Å². The Labute approximate surface area is 184 Å². The molecule has 1 spiro atoms. The van der Waals surface area contributed by atoms with Crippen molar-refractivity contribution < 1.29 is 14.0 Å². The summed E-state index contributed by atoms with van der Waals surface area (Å²) in [5.41, 5.74) is 0.105. The van der Waals surface area contributed by atoms with Gasteiger partial charge in [-0.3, -0.25) is 14.5 Å². The van der Waals surface area contributed by atoms with Gasteiger partial charge in [-0.05, 0) is 50.4 Å². The number of nitrogens with one attached hydrogen (secondary N) is 1. The molecular formula is C23H35N5O3. The second-order valence-corrected chi connectivity index (χ2v) is 10.6. The topological polar surface area (TPSA) is 91.6 Å². The van der Waals surface area contributed by atoms with Crippen molar-refractivity contribution >= 4 is 11.8 Å². The summed E-state index contributed by atoms with van der Waals surface area (Å²) < 4.78 is 6.02. The van der Waals surface area contributed by atoms with Gasteiger partial charge in [-0.15, -0.1) is 10.2 Å². The number of aromatic nitrogens is 2. The number of hydrogen-bond donors (Lipinski definition) is 1. The molecule has 1 aromatic rings. The van der Waals surface area contributed by atoms with Crippen molar-refractivity contribution in [1.82, 2.24) is 25.3 Å². The van der Waals surface area contributed by atoms with E-state index >= 15 is 0 Å². The Balaban J connectivity index is 1.28. The lowest BCUT2D eigenvalue weighted by atomic mass is 9.75. The molecule has 0 bridgehead atoms. The highest BCUT2D eigenvalue weighted by Gasteiger charge is 2.49. The normalized spacial score (nSPS) is 26.4. The fourth-order valence-corrected chi connectivity index (χ4v) is 5.33. The summed E-state index contributed by atoms with van der Waals surface area (Å²) in [6, 6.07) is 0.332. The van der Waals surface area contributed by atoms with Crippen LogP contribution < -0.4 is 5.32 Å². The van der Waals surface area contributed by atoms with E-state index in [0.717, 1.165) is 64.6 Å². The summed E-state index contributed by atoms with van der Waals surface area (Å²) in [5.74, 6) is 2.18. The maximum absolute atomic E-state index is 12.7. The van der Waals surface area contributed by atoms with E-state index in [-0.39, 0.29) is 29.2 Å². The van der Waals surface area contributed by atoms with Crippen LogP contribution in [-0.4, -0.2) is 64.0 Å². The molecule has 1 N–H and O–H groups in total. The summed E-state index contributed by atoms with van der Waals surface area (Å²) in [5, 5.41) is 11.7. The van der Waals surface area contributed by atoms with E-state index in [2.05, 4.69) is 25.3 Å². The fraction of sp³-hybridized carbons (Fsp3) is 0.826. The SMILES string of the molecule is CC(C)c1nnc(C2CC3(CCN(C(=O)C4CCC4)CC3)CN2CC(=O)NC2CC2)o1. The molecule has 2 aliphatic heterocycles. The van der Waals surface area contributed by atoms with E-state index in [9.17, 15) is 9.59 Å². The average molecular weight is 430 g/mol. The summed E-state index contributed by atoms with van der Waals surface area (Å²) >= 11 is 0. The van der Waals surface area contributed by atoms with Gasteiger partial charge in [0.05, 0.1) is 12.6 Å². The first-order valence-electron chi connectivity index (χ1n) is 12.1. The van der Waals surface area contributed by atoms with Crippen LogP contribution >= 0.6 is 0 Å². The van der Waals surface area contributed by atoms with Crippen LogP contribution in [-0.2, 0) is 9.59 Å². The van der Waals surface area contributed by atoms with E-state index in [4.69, 9.17) is 4.42 Å². The lowest BCUT2D eigenvalue weighted by molar-refractivity contribution is -0.140. The quantitative estimate of drug-likeness (QED) is 0.747. The predicted octanol–water partition coefficient (Wildman–Crippen LogP) is 2.63. The smallest absolute Gasteiger partial charge is 0.234 e. The predicted molar refractivity (Wildman–Crippen MR) is 114 cm³/mol. The number of carbonyl (C=O) groups excluding carboxylic acids is 2. The first-order valence-corrected chi connectivity index (χ1v) is 12.1. The molecule has 1 aromatic heterocycles. The van der Waals surface area contributed by atoms with E-state index in [1.165, 1.54) is 6.42 Å². The molecule has 2 amide bonds. The number of nitrogens with zero attached hydrogens (tertiary/aromatic N) is 4.